The number of rotatable bonds is 3. The fraction of sp³-hybridized carbons (Fsp3) is 0.0909. The van der Waals surface area contributed by atoms with E-state index in [2.05, 4.69) is 0 Å². The lowest BCUT2D eigenvalue weighted by Gasteiger charge is -2.10. The van der Waals surface area contributed by atoms with Crippen molar-refractivity contribution in [2.24, 2.45) is 0 Å². The highest BCUT2D eigenvalue weighted by molar-refractivity contribution is 5.88. The first-order valence-electron chi connectivity index (χ1n) is 4.42. The van der Waals surface area contributed by atoms with E-state index in [0.717, 1.165) is 24.3 Å². The molecule has 0 bridgehead atoms. The quantitative estimate of drug-likeness (QED) is 0.656. The number of benzene rings is 1. The molecule has 0 amide bonds. The van der Waals surface area contributed by atoms with Crippen molar-refractivity contribution in [1.29, 1.82) is 0 Å². The molecule has 0 aliphatic heterocycles. The second kappa shape index (κ2) is 4.82. The van der Waals surface area contributed by atoms with Gasteiger partial charge >= 0.3 is 12.1 Å². The summed E-state index contributed by atoms with van der Waals surface area (Å²) in [6, 6.07) is 2.58. The van der Waals surface area contributed by atoms with E-state index in [4.69, 9.17) is 5.11 Å². The average Bonchev–Trinajstić information content (AvgIpc) is 2.24. The SMILES string of the molecule is O=CC=Cc1ccc(C(=O)O)cc1C(F)(F)F. The molecule has 0 saturated heterocycles. The zero-order valence-corrected chi connectivity index (χ0v) is 8.36. The van der Waals surface area contributed by atoms with E-state index >= 15 is 0 Å². The molecule has 0 aliphatic rings. The van der Waals surface area contributed by atoms with Gasteiger partial charge in [0.2, 0.25) is 0 Å². The van der Waals surface area contributed by atoms with E-state index in [0.29, 0.717) is 12.4 Å². The Balaban J connectivity index is 3.36. The van der Waals surface area contributed by atoms with Crippen LogP contribution in [0.2, 0.25) is 0 Å². The van der Waals surface area contributed by atoms with Crippen LogP contribution in [0.15, 0.2) is 24.3 Å². The molecule has 1 aromatic rings. The predicted octanol–water partition coefficient (Wildman–Crippen LogP) is 2.62. The lowest BCUT2D eigenvalue weighted by molar-refractivity contribution is -0.137. The van der Waals surface area contributed by atoms with Gasteiger partial charge in [0.1, 0.15) is 6.29 Å². The number of allylic oxidation sites excluding steroid dienone is 1. The summed E-state index contributed by atoms with van der Waals surface area (Å²) in [4.78, 5) is 20.6. The molecule has 1 N–H and O–H groups in total. The third-order valence-corrected chi connectivity index (χ3v) is 1.96. The topological polar surface area (TPSA) is 54.4 Å². The van der Waals surface area contributed by atoms with Crippen LogP contribution in [0.1, 0.15) is 21.5 Å². The number of aromatic carboxylic acids is 1. The summed E-state index contributed by atoms with van der Waals surface area (Å²) in [5.41, 5.74) is -1.80. The highest BCUT2D eigenvalue weighted by Gasteiger charge is 2.33. The summed E-state index contributed by atoms with van der Waals surface area (Å²) < 4.78 is 37.8. The van der Waals surface area contributed by atoms with Gasteiger partial charge in [0.05, 0.1) is 11.1 Å². The minimum Gasteiger partial charge on any atom is -0.478 e. The first-order valence-corrected chi connectivity index (χ1v) is 4.42. The van der Waals surface area contributed by atoms with Crippen LogP contribution in [0.4, 0.5) is 13.2 Å². The number of hydrogen-bond donors (Lipinski definition) is 1. The van der Waals surface area contributed by atoms with Gasteiger partial charge in [-0.3, -0.25) is 4.79 Å². The second-order valence-electron chi connectivity index (χ2n) is 3.10. The molecule has 3 nitrogen and oxygen atoms in total. The van der Waals surface area contributed by atoms with Crippen LogP contribution in [0, 0.1) is 0 Å². The van der Waals surface area contributed by atoms with Crippen molar-refractivity contribution < 1.29 is 27.9 Å². The molecule has 0 fully saturated rings. The third-order valence-electron chi connectivity index (χ3n) is 1.96. The van der Waals surface area contributed by atoms with Crippen molar-refractivity contribution >= 4 is 18.3 Å². The van der Waals surface area contributed by atoms with Crippen molar-refractivity contribution in [3.8, 4) is 0 Å². The molecule has 0 heterocycles. The summed E-state index contributed by atoms with van der Waals surface area (Å²) >= 11 is 0. The lowest BCUT2D eigenvalue weighted by atomic mass is 10.0. The summed E-state index contributed by atoms with van der Waals surface area (Å²) in [6.45, 7) is 0. The zero-order valence-electron chi connectivity index (χ0n) is 8.36. The van der Waals surface area contributed by atoms with Gasteiger partial charge in [-0.15, -0.1) is 0 Å². The molecular weight excluding hydrogens is 237 g/mol. The molecule has 90 valence electrons. The largest absolute Gasteiger partial charge is 0.478 e. The van der Waals surface area contributed by atoms with Crippen LogP contribution in [-0.4, -0.2) is 17.4 Å². The van der Waals surface area contributed by atoms with Gasteiger partial charge in [-0.2, -0.15) is 13.2 Å². The number of carboxylic acid groups (broad SMARTS) is 1. The van der Waals surface area contributed by atoms with Crippen LogP contribution >= 0.6 is 0 Å². The normalized spacial score (nSPS) is 11.7. The molecule has 0 saturated carbocycles. The maximum atomic E-state index is 12.6. The molecule has 0 spiro atoms. The third kappa shape index (κ3) is 3.17. The first kappa shape index (κ1) is 13.0. The molecule has 1 rings (SSSR count). The summed E-state index contributed by atoms with van der Waals surface area (Å²) in [7, 11) is 0. The van der Waals surface area contributed by atoms with Crippen molar-refractivity contribution in [2.45, 2.75) is 6.18 Å². The van der Waals surface area contributed by atoms with Crippen LogP contribution in [0.5, 0.6) is 0 Å². The number of aldehydes is 1. The molecular formula is C11H7F3O3. The zero-order chi connectivity index (χ0) is 13.1. The van der Waals surface area contributed by atoms with Crippen LogP contribution in [-0.2, 0) is 11.0 Å². The van der Waals surface area contributed by atoms with Gasteiger partial charge in [0.15, 0.2) is 0 Å². The molecule has 0 unspecified atom stereocenters. The van der Waals surface area contributed by atoms with Gasteiger partial charge in [-0.05, 0) is 23.8 Å². The van der Waals surface area contributed by atoms with E-state index in [1.54, 1.807) is 0 Å². The second-order valence-corrected chi connectivity index (χ2v) is 3.10. The number of halogens is 3. The van der Waals surface area contributed by atoms with Crippen molar-refractivity contribution in [1.82, 2.24) is 0 Å². The standard InChI is InChI=1S/C11H7F3O3/c12-11(13,14)9-6-8(10(16)17)4-3-7(9)2-1-5-15/h1-6H,(H,16,17). The Morgan fingerprint density at radius 3 is 2.41 bits per heavy atom. The average molecular weight is 244 g/mol. The van der Waals surface area contributed by atoms with E-state index in [1.165, 1.54) is 0 Å². The van der Waals surface area contributed by atoms with Gasteiger partial charge in [-0.25, -0.2) is 4.79 Å². The Kier molecular flexibility index (Phi) is 3.67. The summed E-state index contributed by atoms with van der Waals surface area (Å²) in [5, 5.41) is 8.60. The van der Waals surface area contributed by atoms with Gasteiger partial charge in [-0.1, -0.05) is 12.1 Å². The van der Waals surface area contributed by atoms with Crippen LogP contribution in [0.25, 0.3) is 6.08 Å². The molecule has 1 aromatic carbocycles. The van der Waals surface area contributed by atoms with E-state index in [9.17, 15) is 22.8 Å². The first-order chi connectivity index (χ1) is 7.86. The summed E-state index contributed by atoms with van der Waals surface area (Å²) in [5.74, 6) is -1.44. The lowest BCUT2D eigenvalue weighted by Crippen LogP contribution is -2.09. The van der Waals surface area contributed by atoms with Crippen molar-refractivity contribution in [3.05, 3.63) is 41.0 Å². The summed E-state index contributed by atoms with van der Waals surface area (Å²) in [6.07, 6.45) is -2.45. The Hall–Kier alpha value is -2.11. The molecule has 0 aromatic heterocycles. The molecule has 6 heteroatoms. The van der Waals surface area contributed by atoms with Crippen molar-refractivity contribution in [2.75, 3.05) is 0 Å². The highest BCUT2D eigenvalue weighted by Crippen LogP contribution is 2.33. The molecule has 17 heavy (non-hydrogen) atoms. The minimum absolute atomic E-state index is 0.255. The highest BCUT2D eigenvalue weighted by atomic mass is 19.4. The number of carbonyl (C=O) groups is 2. The van der Waals surface area contributed by atoms with Gasteiger partial charge in [0, 0.05) is 0 Å². The van der Waals surface area contributed by atoms with E-state index in [-0.39, 0.29) is 5.56 Å². The Labute approximate surface area is 94.2 Å². The minimum atomic E-state index is -4.67. The maximum absolute atomic E-state index is 12.6. The predicted molar refractivity (Wildman–Crippen MR) is 53.5 cm³/mol. The van der Waals surface area contributed by atoms with Crippen LogP contribution in [0.3, 0.4) is 0 Å². The number of hydrogen-bond acceptors (Lipinski definition) is 2. The molecule has 0 radical (unpaired) electrons. The Bertz CT molecular complexity index is 475. The fourth-order valence-electron chi connectivity index (χ4n) is 1.22. The number of carbonyl (C=O) groups excluding carboxylic acids is 1. The monoisotopic (exact) mass is 244 g/mol. The maximum Gasteiger partial charge on any atom is 0.417 e. The smallest absolute Gasteiger partial charge is 0.417 e. The van der Waals surface area contributed by atoms with E-state index < -0.39 is 23.3 Å². The van der Waals surface area contributed by atoms with Gasteiger partial charge < -0.3 is 5.11 Å². The number of carboxylic acids is 1. The van der Waals surface area contributed by atoms with Crippen LogP contribution < -0.4 is 0 Å². The Morgan fingerprint density at radius 2 is 1.94 bits per heavy atom. The van der Waals surface area contributed by atoms with Crippen molar-refractivity contribution in [3.63, 3.8) is 0 Å². The van der Waals surface area contributed by atoms with E-state index in [1.807, 2.05) is 0 Å². The molecule has 0 aliphatic carbocycles. The molecule has 0 atom stereocenters. The Morgan fingerprint density at radius 1 is 1.29 bits per heavy atom. The fourth-order valence-corrected chi connectivity index (χ4v) is 1.22. The number of alkyl halides is 3. The van der Waals surface area contributed by atoms with Gasteiger partial charge in [0.25, 0.3) is 0 Å².